The molecule has 0 radical (unpaired) electrons. The lowest BCUT2D eigenvalue weighted by Crippen LogP contribution is -2.48. The summed E-state index contributed by atoms with van der Waals surface area (Å²) < 4.78 is 0. The molecule has 0 saturated heterocycles. The number of carbonyl (C=O) groups excluding carboxylic acids is 1. The van der Waals surface area contributed by atoms with Gasteiger partial charge >= 0.3 is 0 Å². The highest BCUT2D eigenvalue weighted by atomic mass is 35.5. The summed E-state index contributed by atoms with van der Waals surface area (Å²) in [4.78, 5) is 12.1. The van der Waals surface area contributed by atoms with Crippen LogP contribution in [0.1, 0.15) is 45.1 Å². The number of amides is 1. The smallest absolute Gasteiger partial charge is 0.237 e. The Bertz CT molecular complexity index is 478. The summed E-state index contributed by atoms with van der Waals surface area (Å²) in [7, 11) is 0. The van der Waals surface area contributed by atoms with Crippen molar-refractivity contribution in [2.45, 2.75) is 51.0 Å². The van der Waals surface area contributed by atoms with Gasteiger partial charge in [0.15, 0.2) is 0 Å². The van der Waals surface area contributed by atoms with Crippen molar-refractivity contribution in [1.29, 1.82) is 0 Å². The summed E-state index contributed by atoms with van der Waals surface area (Å²) in [6.07, 6.45) is 4.61. The van der Waals surface area contributed by atoms with Gasteiger partial charge in [-0.3, -0.25) is 4.79 Å². The number of nitrogens with one attached hydrogen (secondary N) is 1. The van der Waals surface area contributed by atoms with Crippen molar-refractivity contribution in [3.8, 4) is 0 Å². The maximum atomic E-state index is 12.1. The first kappa shape index (κ1) is 16.3. The molecular weight excluding hydrogens is 284 g/mol. The van der Waals surface area contributed by atoms with E-state index in [4.69, 9.17) is 17.3 Å². The summed E-state index contributed by atoms with van der Waals surface area (Å²) in [5.74, 6) is 0.102. The largest absolute Gasteiger partial charge is 0.354 e. The first-order valence-electron chi connectivity index (χ1n) is 7.74. The summed E-state index contributed by atoms with van der Waals surface area (Å²) >= 11 is 5.98. The van der Waals surface area contributed by atoms with Crippen molar-refractivity contribution in [1.82, 2.24) is 5.32 Å². The van der Waals surface area contributed by atoms with Crippen LogP contribution in [0.2, 0.25) is 5.02 Å². The van der Waals surface area contributed by atoms with Crippen LogP contribution in [-0.2, 0) is 10.2 Å². The maximum Gasteiger partial charge on any atom is 0.237 e. The van der Waals surface area contributed by atoms with Crippen LogP contribution < -0.4 is 11.1 Å². The minimum Gasteiger partial charge on any atom is -0.354 e. The van der Waals surface area contributed by atoms with Gasteiger partial charge in [0.25, 0.3) is 0 Å². The monoisotopic (exact) mass is 308 g/mol. The third-order valence-corrected chi connectivity index (χ3v) is 4.89. The average molecular weight is 309 g/mol. The Hall–Kier alpha value is -1.06. The van der Waals surface area contributed by atoms with Crippen molar-refractivity contribution < 1.29 is 4.79 Å². The van der Waals surface area contributed by atoms with Gasteiger partial charge < -0.3 is 11.1 Å². The molecule has 0 aromatic heterocycles. The Morgan fingerprint density at radius 1 is 1.29 bits per heavy atom. The molecule has 0 bridgehead atoms. The number of benzene rings is 1. The fraction of sp³-hybridized carbons (Fsp3) is 0.588. The van der Waals surface area contributed by atoms with Crippen molar-refractivity contribution in [2.24, 2.45) is 11.7 Å². The van der Waals surface area contributed by atoms with Crippen LogP contribution in [0.25, 0.3) is 0 Å². The Labute approximate surface area is 132 Å². The number of carbonyl (C=O) groups is 1. The van der Waals surface area contributed by atoms with E-state index in [0.717, 1.165) is 17.9 Å². The number of hydrogen-bond acceptors (Lipinski definition) is 2. The van der Waals surface area contributed by atoms with Gasteiger partial charge in [0, 0.05) is 17.0 Å². The number of rotatable bonds is 5. The van der Waals surface area contributed by atoms with Gasteiger partial charge in [-0.25, -0.2) is 0 Å². The van der Waals surface area contributed by atoms with Crippen molar-refractivity contribution in [2.75, 3.05) is 6.54 Å². The van der Waals surface area contributed by atoms with Gasteiger partial charge in [0.1, 0.15) is 0 Å². The lowest BCUT2D eigenvalue weighted by atomic mass is 9.78. The fourth-order valence-corrected chi connectivity index (χ4v) is 3.23. The summed E-state index contributed by atoms with van der Waals surface area (Å²) in [6, 6.07) is 7.59. The van der Waals surface area contributed by atoms with Crippen molar-refractivity contribution in [3.63, 3.8) is 0 Å². The van der Waals surface area contributed by atoms with E-state index in [0.29, 0.717) is 6.54 Å². The molecule has 2 rings (SSSR count). The molecule has 21 heavy (non-hydrogen) atoms. The zero-order valence-corrected chi connectivity index (χ0v) is 13.6. The van der Waals surface area contributed by atoms with Gasteiger partial charge in [-0.1, -0.05) is 50.4 Å². The van der Waals surface area contributed by atoms with Crippen molar-refractivity contribution in [3.05, 3.63) is 34.9 Å². The molecular formula is C17H25ClN2O. The minimum absolute atomic E-state index is 0.0386. The molecule has 1 aliphatic carbocycles. The normalized spacial score (nSPS) is 18.7. The van der Waals surface area contributed by atoms with Crippen LogP contribution in [0.5, 0.6) is 0 Å². The Kier molecular flexibility index (Phi) is 5.28. The van der Waals surface area contributed by atoms with E-state index in [1.807, 2.05) is 26.0 Å². The summed E-state index contributed by atoms with van der Waals surface area (Å²) in [5, 5.41) is 3.81. The van der Waals surface area contributed by atoms with Crippen LogP contribution in [0, 0.1) is 5.92 Å². The summed E-state index contributed by atoms with van der Waals surface area (Å²) in [6.45, 7) is 4.59. The molecule has 0 heterocycles. The molecule has 0 aliphatic heterocycles. The van der Waals surface area contributed by atoms with Gasteiger partial charge in [0.05, 0.1) is 6.04 Å². The number of hydrogen-bond donors (Lipinski definition) is 2. The highest BCUT2D eigenvalue weighted by Gasteiger charge is 2.36. The van der Waals surface area contributed by atoms with E-state index >= 15 is 0 Å². The first-order chi connectivity index (χ1) is 9.94. The predicted octanol–water partition coefficient (Wildman–Crippen LogP) is 3.25. The zero-order valence-electron chi connectivity index (χ0n) is 12.9. The highest BCUT2D eigenvalue weighted by molar-refractivity contribution is 6.30. The molecule has 1 atom stereocenters. The quantitative estimate of drug-likeness (QED) is 0.877. The Morgan fingerprint density at radius 3 is 2.38 bits per heavy atom. The SMILES string of the molecule is CC(C)[C@H](N)C(=O)NCC1(c2ccc(Cl)cc2)CCCC1. The first-order valence-corrected chi connectivity index (χ1v) is 8.12. The standard InChI is InChI=1S/C17H25ClN2O/c1-12(2)15(19)16(21)20-11-17(9-3-4-10-17)13-5-7-14(18)8-6-13/h5-8,12,15H,3-4,9-11,19H2,1-2H3,(H,20,21)/t15-/m0/s1. The zero-order chi connectivity index (χ0) is 15.5. The molecule has 3 nitrogen and oxygen atoms in total. The third kappa shape index (κ3) is 3.78. The van der Waals surface area contributed by atoms with Gasteiger partial charge in [-0.15, -0.1) is 0 Å². The van der Waals surface area contributed by atoms with E-state index in [-0.39, 0.29) is 17.2 Å². The molecule has 1 fully saturated rings. The van der Waals surface area contributed by atoms with Crippen molar-refractivity contribution >= 4 is 17.5 Å². The number of halogens is 1. The topological polar surface area (TPSA) is 55.1 Å². The number of nitrogens with two attached hydrogens (primary N) is 1. The fourth-order valence-electron chi connectivity index (χ4n) is 3.10. The molecule has 1 aromatic carbocycles. The predicted molar refractivity (Wildman–Crippen MR) is 87.4 cm³/mol. The van der Waals surface area contributed by atoms with E-state index in [9.17, 15) is 4.79 Å². The van der Waals surface area contributed by atoms with Crippen LogP contribution in [0.4, 0.5) is 0 Å². The Morgan fingerprint density at radius 2 is 1.86 bits per heavy atom. The highest BCUT2D eigenvalue weighted by Crippen LogP contribution is 2.40. The maximum absolute atomic E-state index is 12.1. The molecule has 1 amide bonds. The van der Waals surface area contributed by atoms with E-state index < -0.39 is 6.04 Å². The lowest BCUT2D eigenvalue weighted by molar-refractivity contribution is -0.123. The van der Waals surface area contributed by atoms with E-state index in [1.165, 1.54) is 18.4 Å². The molecule has 1 saturated carbocycles. The Balaban J connectivity index is 2.09. The molecule has 3 N–H and O–H groups in total. The van der Waals surface area contributed by atoms with E-state index in [1.54, 1.807) is 0 Å². The molecule has 1 aliphatic rings. The average Bonchev–Trinajstić information content (AvgIpc) is 2.94. The molecule has 0 unspecified atom stereocenters. The second kappa shape index (κ2) is 6.80. The van der Waals surface area contributed by atoms with Crippen LogP contribution in [0.15, 0.2) is 24.3 Å². The minimum atomic E-state index is -0.436. The van der Waals surface area contributed by atoms with Crippen LogP contribution in [0.3, 0.4) is 0 Å². The second-order valence-electron chi connectivity index (χ2n) is 6.48. The van der Waals surface area contributed by atoms with E-state index in [2.05, 4.69) is 17.4 Å². The van der Waals surface area contributed by atoms with Gasteiger partial charge in [0.2, 0.25) is 5.91 Å². The van der Waals surface area contributed by atoms with Gasteiger partial charge in [-0.2, -0.15) is 0 Å². The molecule has 116 valence electrons. The molecule has 4 heteroatoms. The van der Waals surface area contributed by atoms with Gasteiger partial charge in [-0.05, 0) is 36.5 Å². The third-order valence-electron chi connectivity index (χ3n) is 4.64. The van der Waals surface area contributed by atoms with Crippen LogP contribution in [-0.4, -0.2) is 18.5 Å². The molecule has 0 spiro atoms. The molecule has 1 aromatic rings. The summed E-state index contributed by atoms with van der Waals surface area (Å²) in [5.41, 5.74) is 7.22. The lowest BCUT2D eigenvalue weighted by Gasteiger charge is -2.31. The van der Waals surface area contributed by atoms with Crippen LogP contribution >= 0.6 is 11.6 Å². The second-order valence-corrected chi connectivity index (χ2v) is 6.92.